The van der Waals surface area contributed by atoms with Gasteiger partial charge >= 0.3 is 5.97 Å². The smallest absolute Gasteiger partial charge is 0.339 e. The Labute approximate surface area is 177 Å². The summed E-state index contributed by atoms with van der Waals surface area (Å²) in [5, 5.41) is 3.23. The summed E-state index contributed by atoms with van der Waals surface area (Å²) < 4.78 is 11.0. The number of nitrogens with one attached hydrogen (secondary N) is 1. The van der Waals surface area contributed by atoms with Gasteiger partial charge in [-0.05, 0) is 48.9 Å². The predicted molar refractivity (Wildman–Crippen MR) is 115 cm³/mol. The largest absolute Gasteiger partial charge is 0.452 e. The van der Waals surface area contributed by atoms with Crippen LogP contribution in [-0.2, 0) is 9.53 Å². The zero-order valence-corrected chi connectivity index (χ0v) is 16.8. The van der Waals surface area contributed by atoms with Crippen molar-refractivity contribution in [3.05, 3.63) is 82.9 Å². The molecule has 0 aliphatic rings. The minimum Gasteiger partial charge on any atom is -0.452 e. The number of benzene rings is 3. The van der Waals surface area contributed by atoms with Gasteiger partial charge in [-0.1, -0.05) is 41.9 Å². The number of esters is 1. The van der Waals surface area contributed by atoms with E-state index in [-0.39, 0.29) is 5.56 Å². The molecule has 1 heterocycles. The van der Waals surface area contributed by atoms with Gasteiger partial charge in [0.15, 0.2) is 12.2 Å². The summed E-state index contributed by atoms with van der Waals surface area (Å²) in [5.41, 5.74) is 3.36. The summed E-state index contributed by atoms with van der Waals surface area (Å²) in [6.45, 7) is 1.35. The van der Waals surface area contributed by atoms with E-state index in [4.69, 9.17) is 20.8 Å². The van der Waals surface area contributed by atoms with Gasteiger partial charge < -0.3 is 14.5 Å². The number of fused-ring (bicyclic) bond motifs is 1. The molecular weight excluding hydrogens is 404 g/mol. The highest BCUT2D eigenvalue weighted by Crippen LogP contribution is 2.27. The van der Waals surface area contributed by atoms with E-state index in [9.17, 15) is 9.59 Å². The van der Waals surface area contributed by atoms with Crippen molar-refractivity contribution in [2.45, 2.75) is 6.92 Å². The number of carbonyl (C=O) groups is 2. The van der Waals surface area contributed by atoms with Gasteiger partial charge in [0.25, 0.3) is 5.91 Å². The lowest BCUT2D eigenvalue weighted by Gasteiger charge is -2.10. The Bertz CT molecular complexity index is 1220. The van der Waals surface area contributed by atoms with E-state index >= 15 is 0 Å². The molecule has 6 nitrogen and oxygen atoms in total. The molecule has 3 aromatic carbocycles. The average Bonchev–Trinajstić information content (AvgIpc) is 3.19. The molecule has 150 valence electrons. The van der Waals surface area contributed by atoms with Crippen molar-refractivity contribution >= 4 is 40.3 Å². The lowest BCUT2D eigenvalue weighted by molar-refractivity contribution is -0.119. The number of nitrogens with zero attached hydrogens (tertiary/aromatic N) is 1. The van der Waals surface area contributed by atoms with Crippen molar-refractivity contribution in [1.29, 1.82) is 0 Å². The monoisotopic (exact) mass is 420 g/mol. The number of hydrogen-bond acceptors (Lipinski definition) is 5. The number of halogens is 1. The van der Waals surface area contributed by atoms with Crippen LogP contribution in [0, 0.1) is 6.92 Å². The van der Waals surface area contributed by atoms with Gasteiger partial charge in [-0.2, -0.15) is 0 Å². The first-order chi connectivity index (χ1) is 14.5. The molecular formula is C23H17ClN2O4. The van der Waals surface area contributed by atoms with Crippen LogP contribution < -0.4 is 5.32 Å². The number of para-hydroxylation sites is 2. The molecule has 30 heavy (non-hydrogen) atoms. The molecule has 0 radical (unpaired) electrons. The van der Waals surface area contributed by atoms with Gasteiger partial charge in [0.2, 0.25) is 5.89 Å². The first kappa shape index (κ1) is 19.7. The summed E-state index contributed by atoms with van der Waals surface area (Å²) in [6.07, 6.45) is 0. The Kier molecular flexibility index (Phi) is 5.50. The van der Waals surface area contributed by atoms with Crippen molar-refractivity contribution in [2.24, 2.45) is 0 Å². The maximum Gasteiger partial charge on any atom is 0.339 e. The first-order valence-corrected chi connectivity index (χ1v) is 9.58. The highest BCUT2D eigenvalue weighted by Gasteiger charge is 2.19. The Hall–Kier alpha value is -3.64. The summed E-state index contributed by atoms with van der Waals surface area (Å²) in [7, 11) is 0. The van der Waals surface area contributed by atoms with Gasteiger partial charge in [-0.25, -0.2) is 9.78 Å². The number of oxazole rings is 1. The fourth-order valence-corrected chi connectivity index (χ4v) is 3.15. The third-order valence-corrected chi connectivity index (χ3v) is 4.96. The Balaban J connectivity index is 1.49. The summed E-state index contributed by atoms with van der Waals surface area (Å²) in [6, 6.07) is 19.3. The normalized spacial score (nSPS) is 10.7. The highest BCUT2D eigenvalue weighted by molar-refractivity contribution is 6.31. The number of rotatable bonds is 5. The number of ether oxygens (including phenoxy) is 1. The zero-order chi connectivity index (χ0) is 21.1. The lowest BCUT2D eigenvalue weighted by atomic mass is 10.1. The Morgan fingerprint density at radius 3 is 2.63 bits per heavy atom. The van der Waals surface area contributed by atoms with Crippen LogP contribution in [0.3, 0.4) is 0 Å². The second-order valence-electron chi connectivity index (χ2n) is 6.57. The molecule has 1 N–H and O–H groups in total. The van der Waals surface area contributed by atoms with E-state index in [0.29, 0.717) is 33.3 Å². The fourth-order valence-electron chi connectivity index (χ4n) is 2.97. The minimum absolute atomic E-state index is 0.260. The molecule has 0 aliphatic heterocycles. The number of hydrogen-bond donors (Lipinski definition) is 1. The van der Waals surface area contributed by atoms with Crippen molar-refractivity contribution in [1.82, 2.24) is 4.98 Å². The molecule has 0 spiro atoms. The third-order valence-electron chi connectivity index (χ3n) is 4.55. The molecule has 0 saturated carbocycles. The van der Waals surface area contributed by atoms with Crippen molar-refractivity contribution < 1.29 is 18.7 Å². The van der Waals surface area contributed by atoms with Crippen LogP contribution >= 0.6 is 11.6 Å². The molecule has 0 fully saturated rings. The van der Waals surface area contributed by atoms with Crippen molar-refractivity contribution in [2.75, 3.05) is 11.9 Å². The quantitative estimate of drug-likeness (QED) is 0.446. The molecule has 0 atom stereocenters. The van der Waals surface area contributed by atoms with Crippen LogP contribution in [-0.4, -0.2) is 23.5 Å². The molecule has 1 aromatic heterocycles. The predicted octanol–water partition coefficient (Wildman–Crippen LogP) is 5.25. The molecule has 7 heteroatoms. The van der Waals surface area contributed by atoms with Gasteiger partial charge in [-0.15, -0.1) is 0 Å². The van der Waals surface area contributed by atoms with E-state index in [2.05, 4.69) is 10.3 Å². The number of aromatic nitrogens is 1. The van der Waals surface area contributed by atoms with E-state index < -0.39 is 18.5 Å². The molecule has 4 rings (SSSR count). The molecule has 0 unspecified atom stereocenters. The summed E-state index contributed by atoms with van der Waals surface area (Å²) in [4.78, 5) is 29.3. The van der Waals surface area contributed by atoms with E-state index in [1.807, 2.05) is 18.2 Å². The summed E-state index contributed by atoms with van der Waals surface area (Å²) in [5.74, 6) is -0.804. The number of carbonyl (C=O) groups excluding carboxylic acids is 2. The lowest BCUT2D eigenvalue weighted by Crippen LogP contribution is -2.21. The molecule has 4 aromatic rings. The van der Waals surface area contributed by atoms with Crippen molar-refractivity contribution in [3.8, 4) is 11.5 Å². The topological polar surface area (TPSA) is 81.4 Å². The molecule has 0 saturated heterocycles. The van der Waals surface area contributed by atoms with E-state index in [1.165, 1.54) is 0 Å². The second-order valence-corrected chi connectivity index (χ2v) is 6.98. The van der Waals surface area contributed by atoms with Gasteiger partial charge in [-0.3, -0.25) is 4.79 Å². The van der Waals surface area contributed by atoms with Crippen LogP contribution in [0.15, 0.2) is 71.1 Å². The minimum atomic E-state index is -0.647. The summed E-state index contributed by atoms with van der Waals surface area (Å²) >= 11 is 6.06. The zero-order valence-electron chi connectivity index (χ0n) is 16.0. The first-order valence-electron chi connectivity index (χ1n) is 9.20. The molecule has 0 bridgehead atoms. The van der Waals surface area contributed by atoms with Crippen LogP contribution in [0.25, 0.3) is 22.6 Å². The molecule has 0 aliphatic carbocycles. The second kappa shape index (κ2) is 8.39. The average molecular weight is 421 g/mol. The number of amides is 1. The SMILES string of the molecule is Cc1c(Cl)cccc1NC(=O)COC(=O)c1ccccc1-c1nc2ccccc2o1. The Morgan fingerprint density at radius 2 is 1.80 bits per heavy atom. The fraction of sp³-hybridized carbons (Fsp3) is 0.0870. The van der Waals surface area contributed by atoms with Gasteiger partial charge in [0.05, 0.1) is 11.1 Å². The third kappa shape index (κ3) is 4.04. The van der Waals surface area contributed by atoms with Crippen LogP contribution in [0.4, 0.5) is 5.69 Å². The van der Waals surface area contributed by atoms with E-state index in [0.717, 1.165) is 5.56 Å². The highest BCUT2D eigenvalue weighted by atomic mass is 35.5. The van der Waals surface area contributed by atoms with Gasteiger partial charge in [0, 0.05) is 10.7 Å². The van der Waals surface area contributed by atoms with E-state index in [1.54, 1.807) is 55.5 Å². The Morgan fingerprint density at radius 1 is 1.03 bits per heavy atom. The maximum atomic E-state index is 12.6. The number of anilines is 1. The van der Waals surface area contributed by atoms with Crippen LogP contribution in [0.5, 0.6) is 0 Å². The van der Waals surface area contributed by atoms with Crippen molar-refractivity contribution in [3.63, 3.8) is 0 Å². The standard InChI is InChI=1S/C23H17ClN2O4/c1-14-17(24)9-6-11-18(14)25-21(27)13-29-23(28)16-8-3-2-7-15(16)22-26-19-10-4-5-12-20(19)30-22/h2-12H,13H2,1H3,(H,25,27). The van der Waals surface area contributed by atoms with Crippen LogP contribution in [0.1, 0.15) is 15.9 Å². The van der Waals surface area contributed by atoms with Gasteiger partial charge in [0.1, 0.15) is 5.52 Å². The molecule has 1 amide bonds. The maximum absolute atomic E-state index is 12.6. The van der Waals surface area contributed by atoms with Crippen LogP contribution in [0.2, 0.25) is 5.02 Å².